The number of fused-ring (bicyclic) bond motifs is 4. The van der Waals surface area contributed by atoms with Gasteiger partial charge in [-0.15, -0.1) is 0 Å². The number of carbonyl (C=O) groups excluding carboxylic acids is 3. The normalized spacial score (nSPS) is 25.2. The number of likely N-dealkylation sites (tertiary alicyclic amines) is 1. The maximum Gasteiger partial charge on any atom is 0.322 e. The summed E-state index contributed by atoms with van der Waals surface area (Å²) in [6.45, 7) is 7.66. The first-order valence-corrected chi connectivity index (χ1v) is 12.4. The fraction of sp³-hybridized carbons (Fsp3) is 0.385. The number of hydrogen-bond acceptors (Lipinski definition) is 5. The number of carbonyl (C=O) groups is 3. The van der Waals surface area contributed by atoms with Crippen molar-refractivity contribution in [1.82, 2.24) is 9.88 Å². The van der Waals surface area contributed by atoms with Crippen LogP contribution in [-0.2, 0) is 0 Å². The average Bonchev–Trinajstić information content (AvgIpc) is 3.37. The molecule has 1 aromatic heterocycles. The number of thiazole rings is 1. The third kappa shape index (κ3) is 3.31. The molecule has 3 aliphatic rings. The van der Waals surface area contributed by atoms with E-state index in [0.717, 1.165) is 35.4 Å². The number of hydrogen-bond donors (Lipinski definition) is 1. The number of amides is 4. The summed E-state index contributed by atoms with van der Waals surface area (Å²) < 4.78 is 0.803. The minimum Gasteiger partial charge on any atom is -0.321 e. The lowest BCUT2D eigenvalue weighted by Gasteiger charge is -2.39. The molecule has 2 atom stereocenters. The number of urea groups is 1. The SMILES string of the molecule is CC1(C)CC2CC(C)(CN2C(=O)Nc2ccc3nc(N4C(=O)c5ccccc5C4=O)sc3c2)C1. The van der Waals surface area contributed by atoms with Gasteiger partial charge in [0.1, 0.15) is 0 Å². The minimum absolute atomic E-state index is 0.0733. The Morgan fingerprint density at radius 1 is 1.06 bits per heavy atom. The zero-order chi connectivity index (χ0) is 23.8. The number of rotatable bonds is 2. The average molecular weight is 475 g/mol. The van der Waals surface area contributed by atoms with Gasteiger partial charge in [-0.25, -0.2) is 14.7 Å². The molecule has 2 fully saturated rings. The summed E-state index contributed by atoms with van der Waals surface area (Å²) in [7, 11) is 0. The second-order valence-corrected chi connectivity index (χ2v) is 12.0. The fourth-order valence-electron chi connectivity index (χ4n) is 6.34. The van der Waals surface area contributed by atoms with Crippen LogP contribution in [0.15, 0.2) is 42.5 Å². The first-order valence-electron chi connectivity index (χ1n) is 11.6. The monoisotopic (exact) mass is 474 g/mol. The predicted molar refractivity (Wildman–Crippen MR) is 132 cm³/mol. The summed E-state index contributed by atoms with van der Waals surface area (Å²) in [5.41, 5.74) is 2.57. The Morgan fingerprint density at radius 3 is 2.47 bits per heavy atom. The maximum atomic E-state index is 13.2. The molecule has 0 spiro atoms. The van der Waals surface area contributed by atoms with Gasteiger partial charge in [-0.3, -0.25) is 9.59 Å². The highest BCUT2D eigenvalue weighted by Gasteiger charge is 2.51. The summed E-state index contributed by atoms with van der Waals surface area (Å²) in [6, 6.07) is 12.5. The fourth-order valence-corrected chi connectivity index (χ4v) is 7.34. The van der Waals surface area contributed by atoms with E-state index < -0.39 is 0 Å². The van der Waals surface area contributed by atoms with Crippen LogP contribution < -0.4 is 10.2 Å². The molecular formula is C26H26N4O3S. The highest BCUT2D eigenvalue weighted by molar-refractivity contribution is 7.22. The number of aromatic nitrogens is 1. The zero-order valence-electron chi connectivity index (χ0n) is 19.4. The van der Waals surface area contributed by atoms with Crippen molar-refractivity contribution < 1.29 is 14.4 Å². The number of benzene rings is 2. The molecule has 7 nitrogen and oxygen atoms in total. The largest absolute Gasteiger partial charge is 0.322 e. The van der Waals surface area contributed by atoms with Gasteiger partial charge in [0, 0.05) is 18.3 Å². The molecule has 3 aromatic rings. The lowest BCUT2D eigenvalue weighted by atomic mass is 9.65. The molecule has 1 saturated heterocycles. The Bertz CT molecular complexity index is 1340. The Kier molecular flexibility index (Phi) is 4.46. The summed E-state index contributed by atoms with van der Waals surface area (Å²) >= 11 is 1.27. The highest BCUT2D eigenvalue weighted by atomic mass is 32.1. The van der Waals surface area contributed by atoms with Crippen molar-refractivity contribution in [2.24, 2.45) is 10.8 Å². The second-order valence-electron chi connectivity index (χ2n) is 10.9. The molecule has 4 amide bonds. The number of imide groups is 1. The molecule has 174 valence electrons. The molecule has 2 aromatic carbocycles. The van der Waals surface area contributed by atoms with Crippen LogP contribution in [0.1, 0.15) is 60.7 Å². The third-order valence-electron chi connectivity index (χ3n) is 7.29. The first kappa shape index (κ1) is 21.3. The molecule has 1 saturated carbocycles. The molecule has 1 aliphatic carbocycles. The van der Waals surface area contributed by atoms with Crippen molar-refractivity contribution in [3.05, 3.63) is 53.6 Å². The van der Waals surface area contributed by atoms with Crippen molar-refractivity contribution >= 4 is 50.2 Å². The van der Waals surface area contributed by atoms with Gasteiger partial charge >= 0.3 is 6.03 Å². The van der Waals surface area contributed by atoms with Crippen LogP contribution in [0.2, 0.25) is 0 Å². The third-order valence-corrected chi connectivity index (χ3v) is 8.29. The van der Waals surface area contributed by atoms with E-state index in [1.807, 2.05) is 23.1 Å². The standard InChI is InChI=1S/C26H26N4O3S/c1-25(2)11-16-12-26(3,13-25)14-29(16)23(33)27-15-8-9-19-20(10-15)34-24(28-19)30-21(31)17-6-4-5-7-18(17)22(30)32/h4-10,16H,11-14H2,1-3H3,(H,27,33). The van der Waals surface area contributed by atoms with Gasteiger partial charge in [-0.2, -0.15) is 0 Å². The predicted octanol–water partition coefficient (Wildman–Crippen LogP) is 5.53. The van der Waals surface area contributed by atoms with Crippen molar-refractivity contribution in [1.29, 1.82) is 0 Å². The molecule has 1 N–H and O–H groups in total. The van der Waals surface area contributed by atoms with Gasteiger partial charge in [0.15, 0.2) is 0 Å². The van der Waals surface area contributed by atoms with Crippen molar-refractivity contribution in [2.45, 2.75) is 46.1 Å². The quantitative estimate of drug-likeness (QED) is 0.495. The van der Waals surface area contributed by atoms with E-state index in [1.54, 1.807) is 24.3 Å². The molecule has 3 heterocycles. The van der Waals surface area contributed by atoms with Crippen LogP contribution in [0, 0.1) is 10.8 Å². The Balaban J connectivity index is 1.24. The van der Waals surface area contributed by atoms with Gasteiger partial charge in [0.2, 0.25) is 5.13 Å². The van der Waals surface area contributed by atoms with Crippen molar-refractivity contribution in [3.8, 4) is 0 Å². The van der Waals surface area contributed by atoms with Crippen LogP contribution in [0.3, 0.4) is 0 Å². The minimum atomic E-state index is -0.357. The molecule has 2 bridgehead atoms. The summed E-state index contributed by atoms with van der Waals surface area (Å²) in [6.07, 6.45) is 3.21. The topological polar surface area (TPSA) is 82.6 Å². The molecule has 34 heavy (non-hydrogen) atoms. The van der Waals surface area contributed by atoms with Crippen molar-refractivity contribution in [2.75, 3.05) is 16.8 Å². The lowest BCUT2D eigenvalue weighted by molar-refractivity contribution is 0.0926. The van der Waals surface area contributed by atoms with Crippen LogP contribution in [0.5, 0.6) is 0 Å². The zero-order valence-corrected chi connectivity index (χ0v) is 20.2. The van der Waals surface area contributed by atoms with Crippen molar-refractivity contribution in [3.63, 3.8) is 0 Å². The van der Waals surface area contributed by atoms with Gasteiger partial charge in [-0.1, -0.05) is 44.2 Å². The first-order chi connectivity index (χ1) is 16.1. The number of anilines is 2. The van der Waals surface area contributed by atoms with E-state index in [9.17, 15) is 14.4 Å². The maximum absolute atomic E-state index is 13.2. The summed E-state index contributed by atoms with van der Waals surface area (Å²) in [4.78, 5) is 46.5. The van der Waals surface area contributed by atoms with E-state index in [0.29, 0.717) is 27.5 Å². The molecule has 2 aliphatic heterocycles. The van der Waals surface area contributed by atoms with E-state index in [2.05, 4.69) is 31.1 Å². The van der Waals surface area contributed by atoms with Gasteiger partial charge in [0.25, 0.3) is 11.8 Å². The van der Waals surface area contributed by atoms with Crippen LogP contribution in [-0.4, -0.2) is 40.3 Å². The molecule has 0 radical (unpaired) electrons. The van der Waals surface area contributed by atoms with Gasteiger partial charge < -0.3 is 10.2 Å². The smallest absolute Gasteiger partial charge is 0.321 e. The lowest BCUT2D eigenvalue weighted by Crippen LogP contribution is -2.40. The molecule has 8 heteroatoms. The van der Waals surface area contributed by atoms with E-state index in [4.69, 9.17) is 0 Å². The molecular weight excluding hydrogens is 448 g/mol. The Hall–Kier alpha value is -3.26. The molecule has 6 rings (SSSR count). The van der Waals surface area contributed by atoms with Gasteiger partial charge in [0.05, 0.1) is 21.3 Å². The van der Waals surface area contributed by atoms with E-state index in [1.165, 1.54) is 11.3 Å². The van der Waals surface area contributed by atoms with Crippen LogP contribution >= 0.6 is 11.3 Å². The van der Waals surface area contributed by atoms with E-state index >= 15 is 0 Å². The second kappa shape index (κ2) is 7.12. The highest BCUT2D eigenvalue weighted by Crippen LogP contribution is 2.52. The molecule has 2 unspecified atom stereocenters. The Morgan fingerprint density at radius 2 is 1.76 bits per heavy atom. The van der Waals surface area contributed by atoms with E-state index in [-0.39, 0.29) is 34.7 Å². The summed E-state index contributed by atoms with van der Waals surface area (Å²) in [5.74, 6) is -0.713. The Labute approximate surface area is 201 Å². The van der Waals surface area contributed by atoms with Gasteiger partial charge in [-0.05, 0) is 60.4 Å². The van der Waals surface area contributed by atoms with Crippen LogP contribution in [0.25, 0.3) is 10.2 Å². The summed E-state index contributed by atoms with van der Waals surface area (Å²) in [5, 5.41) is 3.40. The van der Waals surface area contributed by atoms with Crippen LogP contribution in [0.4, 0.5) is 15.6 Å². The number of nitrogens with one attached hydrogen (secondary N) is 1. The number of nitrogens with zero attached hydrogens (tertiary/aromatic N) is 3.